The van der Waals surface area contributed by atoms with Gasteiger partial charge in [0.15, 0.2) is 0 Å². The molecule has 0 aliphatic carbocycles. The molecule has 2 fully saturated rings. The van der Waals surface area contributed by atoms with Crippen LogP contribution in [0.15, 0.2) is 54.6 Å². The van der Waals surface area contributed by atoms with Gasteiger partial charge in [0.05, 0.1) is 22.7 Å². The van der Waals surface area contributed by atoms with Crippen LogP contribution in [0.4, 0.5) is 5.69 Å². The lowest BCUT2D eigenvalue weighted by Gasteiger charge is -2.28. The van der Waals surface area contributed by atoms with Crippen LogP contribution in [-0.4, -0.2) is 42.9 Å². The zero-order valence-electron chi connectivity index (χ0n) is 16.4. The van der Waals surface area contributed by atoms with Gasteiger partial charge in [0, 0.05) is 19.5 Å². The molecule has 0 aromatic heterocycles. The Morgan fingerprint density at radius 3 is 2.48 bits per heavy atom. The highest BCUT2D eigenvalue weighted by Gasteiger charge is 2.36. The normalized spacial score (nSPS) is 20.8. The van der Waals surface area contributed by atoms with E-state index >= 15 is 0 Å². The standard InChI is InChI=1S/C23H26ClN3O2/c24-19-10-4-5-11-20(19)27-16-18(14-22(27)28)23(29)25-15-21(26-12-6-7-13-26)17-8-2-1-3-9-17/h1-5,8-11,18,21H,6-7,12-16H2,(H,25,29). The molecule has 2 unspecified atom stereocenters. The Hall–Kier alpha value is -2.37. The third kappa shape index (κ3) is 4.46. The molecule has 2 heterocycles. The number of benzene rings is 2. The minimum Gasteiger partial charge on any atom is -0.354 e. The molecule has 0 bridgehead atoms. The van der Waals surface area contributed by atoms with E-state index < -0.39 is 0 Å². The number of hydrogen-bond donors (Lipinski definition) is 1. The molecule has 0 saturated carbocycles. The molecular formula is C23H26ClN3O2. The average Bonchev–Trinajstić information content (AvgIpc) is 3.39. The molecular weight excluding hydrogens is 386 g/mol. The van der Waals surface area contributed by atoms with Gasteiger partial charge in [-0.15, -0.1) is 0 Å². The van der Waals surface area contributed by atoms with Gasteiger partial charge in [-0.25, -0.2) is 0 Å². The van der Waals surface area contributed by atoms with Crippen molar-refractivity contribution in [3.05, 3.63) is 65.2 Å². The van der Waals surface area contributed by atoms with Crippen molar-refractivity contribution in [3.8, 4) is 0 Å². The molecule has 152 valence electrons. The first-order valence-corrected chi connectivity index (χ1v) is 10.6. The maximum atomic E-state index is 12.9. The van der Waals surface area contributed by atoms with Gasteiger partial charge in [0.1, 0.15) is 0 Å². The second kappa shape index (κ2) is 8.97. The minimum atomic E-state index is -0.353. The van der Waals surface area contributed by atoms with Crippen LogP contribution in [0.1, 0.15) is 30.9 Å². The summed E-state index contributed by atoms with van der Waals surface area (Å²) < 4.78 is 0. The predicted octanol–water partition coefficient (Wildman–Crippen LogP) is 3.65. The third-order valence-corrected chi connectivity index (χ3v) is 6.19. The Labute approximate surface area is 176 Å². The number of hydrogen-bond acceptors (Lipinski definition) is 3. The lowest BCUT2D eigenvalue weighted by Crippen LogP contribution is -2.40. The summed E-state index contributed by atoms with van der Waals surface area (Å²) in [6.07, 6.45) is 2.61. The number of para-hydroxylation sites is 1. The predicted molar refractivity (Wildman–Crippen MR) is 115 cm³/mol. The number of amides is 2. The molecule has 2 aromatic rings. The van der Waals surface area contributed by atoms with Gasteiger partial charge in [-0.05, 0) is 43.6 Å². The van der Waals surface area contributed by atoms with E-state index in [0.717, 1.165) is 13.1 Å². The number of carbonyl (C=O) groups is 2. The van der Waals surface area contributed by atoms with E-state index in [1.807, 2.05) is 36.4 Å². The molecule has 2 aliphatic rings. The maximum Gasteiger partial charge on any atom is 0.227 e. The van der Waals surface area contributed by atoms with Crippen LogP contribution >= 0.6 is 11.6 Å². The Bertz CT molecular complexity index is 867. The van der Waals surface area contributed by atoms with Crippen molar-refractivity contribution in [1.29, 1.82) is 0 Å². The highest BCUT2D eigenvalue weighted by molar-refractivity contribution is 6.33. The van der Waals surface area contributed by atoms with Crippen LogP contribution in [-0.2, 0) is 9.59 Å². The summed E-state index contributed by atoms with van der Waals surface area (Å²) in [5, 5.41) is 3.64. The van der Waals surface area contributed by atoms with E-state index in [0.29, 0.717) is 23.8 Å². The summed E-state index contributed by atoms with van der Waals surface area (Å²) in [4.78, 5) is 29.4. The molecule has 2 aromatic carbocycles. The first-order valence-electron chi connectivity index (χ1n) is 10.2. The fourth-order valence-electron chi connectivity index (χ4n) is 4.31. The van der Waals surface area contributed by atoms with Crippen LogP contribution in [0, 0.1) is 5.92 Å². The monoisotopic (exact) mass is 411 g/mol. The van der Waals surface area contributed by atoms with E-state index in [4.69, 9.17) is 11.6 Å². The van der Waals surface area contributed by atoms with Crippen molar-refractivity contribution in [1.82, 2.24) is 10.2 Å². The third-order valence-electron chi connectivity index (χ3n) is 5.87. The van der Waals surface area contributed by atoms with Crippen LogP contribution in [0.2, 0.25) is 5.02 Å². The first-order chi connectivity index (χ1) is 14.1. The summed E-state index contributed by atoms with van der Waals surface area (Å²) in [5.41, 5.74) is 1.89. The quantitative estimate of drug-likeness (QED) is 0.789. The molecule has 0 radical (unpaired) electrons. The number of carbonyl (C=O) groups excluding carboxylic acids is 2. The molecule has 2 amide bonds. The van der Waals surface area contributed by atoms with Crippen molar-refractivity contribution in [2.24, 2.45) is 5.92 Å². The zero-order chi connectivity index (χ0) is 20.2. The number of halogens is 1. The summed E-state index contributed by atoms with van der Waals surface area (Å²) in [5.74, 6) is -0.473. The minimum absolute atomic E-state index is 0.0580. The number of nitrogens with one attached hydrogen (secondary N) is 1. The van der Waals surface area contributed by atoms with Crippen molar-refractivity contribution in [2.45, 2.75) is 25.3 Å². The van der Waals surface area contributed by atoms with E-state index in [2.05, 4.69) is 22.3 Å². The van der Waals surface area contributed by atoms with Crippen LogP contribution in [0.5, 0.6) is 0 Å². The molecule has 6 heteroatoms. The van der Waals surface area contributed by atoms with Gasteiger partial charge in [-0.1, -0.05) is 54.1 Å². The lowest BCUT2D eigenvalue weighted by molar-refractivity contribution is -0.126. The maximum absolute atomic E-state index is 12.9. The van der Waals surface area contributed by atoms with Gasteiger partial charge in [0.2, 0.25) is 11.8 Å². The molecule has 2 saturated heterocycles. The number of anilines is 1. The Kier molecular flexibility index (Phi) is 6.16. The fraction of sp³-hybridized carbons (Fsp3) is 0.391. The average molecular weight is 412 g/mol. The molecule has 0 spiro atoms. The van der Waals surface area contributed by atoms with E-state index in [1.54, 1.807) is 11.0 Å². The number of rotatable bonds is 6. The number of nitrogens with zero attached hydrogens (tertiary/aromatic N) is 2. The topological polar surface area (TPSA) is 52.7 Å². The highest BCUT2D eigenvalue weighted by atomic mass is 35.5. The van der Waals surface area contributed by atoms with E-state index in [9.17, 15) is 9.59 Å². The van der Waals surface area contributed by atoms with Crippen molar-refractivity contribution < 1.29 is 9.59 Å². The summed E-state index contributed by atoms with van der Waals surface area (Å²) in [6, 6.07) is 17.8. The molecule has 29 heavy (non-hydrogen) atoms. The van der Waals surface area contributed by atoms with Gasteiger partial charge in [-0.2, -0.15) is 0 Å². The molecule has 5 nitrogen and oxygen atoms in total. The van der Waals surface area contributed by atoms with Crippen molar-refractivity contribution in [2.75, 3.05) is 31.1 Å². The fourth-order valence-corrected chi connectivity index (χ4v) is 4.55. The largest absolute Gasteiger partial charge is 0.354 e. The Balaban J connectivity index is 1.41. The molecule has 4 rings (SSSR count). The lowest BCUT2D eigenvalue weighted by atomic mass is 10.0. The van der Waals surface area contributed by atoms with E-state index in [-0.39, 0.29) is 30.2 Å². The van der Waals surface area contributed by atoms with Gasteiger partial charge < -0.3 is 10.2 Å². The van der Waals surface area contributed by atoms with Gasteiger partial charge >= 0.3 is 0 Å². The first kappa shape index (κ1) is 19.9. The smallest absolute Gasteiger partial charge is 0.227 e. The van der Waals surface area contributed by atoms with Crippen LogP contribution < -0.4 is 10.2 Å². The number of likely N-dealkylation sites (tertiary alicyclic amines) is 1. The summed E-state index contributed by atoms with van der Waals surface area (Å²) >= 11 is 6.24. The molecule has 2 aliphatic heterocycles. The molecule has 1 N–H and O–H groups in total. The molecule has 2 atom stereocenters. The SMILES string of the molecule is O=C(NCC(c1ccccc1)N1CCCC1)C1CC(=O)N(c2ccccc2Cl)C1. The van der Waals surface area contributed by atoms with Crippen LogP contribution in [0.3, 0.4) is 0 Å². The highest BCUT2D eigenvalue weighted by Crippen LogP contribution is 2.31. The van der Waals surface area contributed by atoms with Crippen molar-refractivity contribution in [3.63, 3.8) is 0 Å². The zero-order valence-corrected chi connectivity index (χ0v) is 17.1. The Morgan fingerprint density at radius 1 is 1.07 bits per heavy atom. The van der Waals surface area contributed by atoms with Gasteiger partial charge in [0.25, 0.3) is 0 Å². The summed E-state index contributed by atoms with van der Waals surface area (Å²) in [7, 11) is 0. The second-order valence-electron chi connectivity index (χ2n) is 7.77. The van der Waals surface area contributed by atoms with Crippen molar-refractivity contribution >= 4 is 29.1 Å². The summed E-state index contributed by atoms with van der Waals surface area (Å²) in [6.45, 7) is 3.03. The van der Waals surface area contributed by atoms with Crippen LogP contribution in [0.25, 0.3) is 0 Å². The van der Waals surface area contributed by atoms with Gasteiger partial charge in [-0.3, -0.25) is 14.5 Å². The second-order valence-corrected chi connectivity index (χ2v) is 8.18. The Morgan fingerprint density at radius 2 is 1.76 bits per heavy atom. The van der Waals surface area contributed by atoms with E-state index in [1.165, 1.54) is 18.4 Å².